The maximum Gasteiger partial charge on any atom is 0.119 e. The fourth-order valence-corrected chi connectivity index (χ4v) is 3.28. The first-order valence-corrected chi connectivity index (χ1v) is 7.87. The lowest BCUT2D eigenvalue weighted by Gasteiger charge is -2.12. The van der Waals surface area contributed by atoms with E-state index in [9.17, 15) is 5.26 Å². The summed E-state index contributed by atoms with van der Waals surface area (Å²) in [5, 5.41) is 11.6. The highest BCUT2D eigenvalue weighted by molar-refractivity contribution is 5.92. The Bertz CT molecular complexity index is 908. The van der Waals surface area contributed by atoms with Crippen LogP contribution in [0.5, 0.6) is 5.75 Å². The lowest BCUT2D eigenvalue weighted by atomic mass is 9.94. The second-order valence-electron chi connectivity index (χ2n) is 6.10. The van der Waals surface area contributed by atoms with Crippen molar-refractivity contribution < 1.29 is 4.74 Å². The van der Waals surface area contributed by atoms with Crippen molar-refractivity contribution in [2.45, 2.75) is 12.3 Å². The van der Waals surface area contributed by atoms with Gasteiger partial charge in [-0.2, -0.15) is 5.26 Å². The minimum absolute atomic E-state index is 0.149. The third kappa shape index (κ3) is 2.45. The van der Waals surface area contributed by atoms with Gasteiger partial charge in [0.05, 0.1) is 19.1 Å². The van der Waals surface area contributed by atoms with Gasteiger partial charge < -0.3 is 4.74 Å². The van der Waals surface area contributed by atoms with E-state index in [0.717, 1.165) is 12.2 Å². The highest BCUT2D eigenvalue weighted by Gasteiger charge is 2.39. The molecule has 2 atom stereocenters. The standard InChI is InChI=1S/C21H17NO/c1-23-18-8-7-15-9-16(14-5-3-2-4-6-14)10-21(20(15)12-18)19-11-17(19)13-22/h2-10,12,17,19H,11H2,1H3/t17-,19+/m0/s1. The van der Waals surface area contributed by atoms with Gasteiger partial charge in [-0.1, -0.05) is 42.5 Å². The minimum atomic E-state index is 0.149. The van der Waals surface area contributed by atoms with Crippen LogP contribution in [0.15, 0.2) is 60.7 Å². The van der Waals surface area contributed by atoms with Crippen LogP contribution in [-0.2, 0) is 0 Å². The molecule has 3 aromatic carbocycles. The van der Waals surface area contributed by atoms with Gasteiger partial charge in [0.15, 0.2) is 0 Å². The number of methoxy groups -OCH3 is 1. The summed E-state index contributed by atoms with van der Waals surface area (Å²) in [6.07, 6.45) is 0.959. The predicted octanol–water partition coefficient (Wildman–Crippen LogP) is 5.14. The van der Waals surface area contributed by atoms with E-state index in [1.54, 1.807) is 7.11 Å². The molecule has 1 aliphatic rings. The number of hydrogen-bond acceptors (Lipinski definition) is 2. The predicted molar refractivity (Wildman–Crippen MR) is 92.4 cm³/mol. The van der Waals surface area contributed by atoms with Gasteiger partial charge in [0.1, 0.15) is 5.75 Å². The Balaban J connectivity index is 1.93. The lowest BCUT2D eigenvalue weighted by Crippen LogP contribution is -1.90. The Morgan fingerprint density at radius 2 is 1.83 bits per heavy atom. The summed E-state index contributed by atoms with van der Waals surface area (Å²) in [7, 11) is 1.69. The van der Waals surface area contributed by atoms with Crippen LogP contribution in [0.25, 0.3) is 21.9 Å². The van der Waals surface area contributed by atoms with Gasteiger partial charge in [-0.05, 0) is 52.1 Å². The number of fused-ring (bicyclic) bond motifs is 1. The van der Waals surface area contributed by atoms with Crippen molar-refractivity contribution in [3.05, 3.63) is 66.2 Å². The molecule has 0 amide bonds. The van der Waals surface area contributed by atoms with Crippen LogP contribution in [0.2, 0.25) is 0 Å². The zero-order valence-electron chi connectivity index (χ0n) is 13.0. The Morgan fingerprint density at radius 1 is 1.00 bits per heavy atom. The summed E-state index contributed by atoms with van der Waals surface area (Å²) in [6, 6.07) is 23.5. The van der Waals surface area contributed by atoms with E-state index < -0.39 is 0 Å². The first kappa shape index (κ1) is 13.8. The van der Waals surface area contributed by atoms with Crippen LogP contribution >= 0.6 is 0 Å². The van der Waals surface area contributed by atoms with Gasteiger partial charge >= 0.3 is 0 Å². The molecule has 1 aliphatic carbocycles. The highest BCUT2D eigenvalue weighted by Crippen LogP contribution is 2.50. The summed E-state index contributed by atoms with van der Waals surface area (Å²) in [5.74, 6) is 1.36. The molecule has 23 heavy (non-hydrogen) atoms. The van der Waals surface area contributed by atoms with Gasteiger partial charge in [0, 0.05) is 5.92 Å². The Morgan fingerprint density at radius 3 is 2.52 bits per heavy atom. The van der Waals surface area contributed by atoms with Crippen molar-refractivity contribution in [1.29, 1.82) is 5.26 Å². The fourth-order valence-electron chi connectivity index (χ4n) is 3.28. The van der Waals surface area contributed by atoms with Gasteiger partial charge in [-0.15, -0.1) is 0 Å². The normalized spacial score (nSPS) is 19.3. The van der Waals surface area contributed by atoms with E-state index in [0.29, 0.717) is 5.92 Å². The van der Waals surface area contributed by atoms with Crippen LogP contribution in [0.4, 0.5) is 0 Å². The zero-order chi connectivity index (χ0) is 15.8. The minimum Gasteiger partial charge on any atom is -0.497 e. The van der Waals surface area contributed by atoms with Crippen molar-refractivity contribution in [2.24, 2.45) is 5.92 Å². The number of benzene rings is 3. The quantitative estimate of drug-likeness (QED) is 0.670. The van der Waals surface area contributed by atoms with Crippen LogP contribution in [-0.4, -0.2) is 7.11 Å². The molecule has 112 valence electrons. The van der Waals surface area contributed by atoms with Crippen molar-refractivity contribution >= 4 is 10.8 Å². The smallest absolute Gasteiger partial charge is 0.119 e. The Labute approximate surface area is 135 Å². The fraction of sp³-hybridized carbons (Fsp3) is 0.190. The Kier molecular flexibility index (Phi) is 3.28. The van der Waals surface area contributed by atoms with E-state index in [4.69, 9.17) is 4.74 Å². The second kappa shape index (κ2) is 5.44. The summed E-state index contributed by atoms with van der Waals surface area (Å²) in [6.45, 7) is 0. The number of hydrogen-bond donors (Lipinski definition) is 0. The summed E-state index contributed by atoms with van der Waals surface area (Å²) in [4.78, 5) is 0. The number of nitriles is 1. The Hall–Kier alpha value is -2.79. The molecule has 0 heterocycles. The largest absolute Gasteiger partial charge is 0.497 e. The molecule has 0 aliphatic heterocycles. The first-order chi connectivity index (χ1) is 11.3. The number of ether oxygens (including phenoxy) is 1. The molecule has 0 bridgehead atoms. The van der Waals surface area contributed by atoms with E-state index in [2.05, 4.69) is 54.6 Å². The van der Waals surface area contributed by atoms with Crippen LogP contribution in [0, 0.1) is 17.2 Å². The van der Waals surface area contributed by atoms with E-state index >= 15 is 0 Å². The van der Waals surface area contributed by atoms with Gasteiger partial charge in [-0.3, -0.25) is 0 Å². The van der Waals surface area contributed by atoms with E-state index in [1.807, 2.05) is 12.1 Å². The number of nitrogens with zero attached hydrogens (tertiary/aromatic N) is 1. The average molecular weight is 299 g/mol. The molecule has 0 unspecified atom stereocenters. The number of rotatable bonds is 3. The molecule has 1 fully saturated rings. The average Bonchev–Trinajstić information content (AvgIpc) is 3.40. The molecule has 0 saturated heterocycles. The lowest BCUT2D eigenvalue weighted by molar-refractivity contribution is 0.415. The topological polar surface area (TPSA) is 33.0 Å². The van der Waals surface area contributed by atoms with Gasteiger partial charge in [0.2, 0.25) is 0 Å². The van der Waals surface area contributed by atoms with Crippen molar-refractivity contribution in [3.63, 3.8) is 0 Å². The molecule has 3 aromatic rings. The molecule has 0 aromatic heterocycles. The molecule has 1 saturated carbocycles. The highest BCUT2D eigenvalue weighted by atomic mass is 16.5. The van der Waals surface area contributed by atoms with E-state index in [-0.39, 0.29) is 5.92 Å². The van der Waals surface area contributed by atoms with Gasteiger partial charge in [-0.25, -0.2) is 0 Å². The monoisotopic (exact) mass is 299 g/mol. The maximum atomic E-state index is 9.22. The third-order valence-electron chi connectivity index (χ3n) is 4.66. The second-order valence-corrected chi connectivity index (χ2v) is 6.10. The molecule has 0 spiro atoms. The van der Waals surface area contributed by atoms with Crippen molar-refractivity contribution in [1.82, 2.24) is 0 Å². The summed E-state index contributed by atoms with van der Waals surface area (Å²) < 4.78 is 5.38. The van der Waals surface area contributed by atoms with Crippen LogP contribution < -0.4 is 4.74 Å². The maximum absolute atomic E-state index is 9.22. The molecule has 0 N–H and O–H groups in total. The summed E-state index contributed by atoms with van der Waals surface area (Å²) >= 11 is 0. The first-order valence-electron chi connectivity index (χ1n) is 7.87. The SMILES string of the molecule is COc1ccc2cc(-c3ccccc3)cc([C@@H]3C[C@H]3C#N)c2c1. The van der Waals surface area contributed by atoms with Crippen molar-refractivity contribution in [3.8, 4) is 22.9 Å². The molecule has 4 rings (SSSR count). The van der Waals surface area contributed by atoms with Crippen LogP contribution in [0.3, 0.4) is 0 Å². The molecule has 2 heteroatoms. The molecular weight excluding hydrogens is 282 g/mol. The summed E-state index contributed by atoms with van der Waals surface area (Å²) in [5.41, 5.74) is 3.69. The molecule has 2 nitrogen and oxygen atoms in total. The molecular formula is C21H17NO. The van der Waals surface area contributed by atoms with E-state index in [1.165, 1.54) is 27.5 Å². The van der Waals surface area contributed by atoms with Crippen LogP contribution in [0.1, 0.15) is 17.9 Å². The van der Waals surface area contributed by atoms with Crippen molar-refractivity contribution in [2.75, 3.05) is 7.11 Å². The molecule has 0 radical (unpaired) electrons. The van der Waals surface area contributed by atoms with Gasteiger partial charge in [0.25, 0.3) is 0 Å². The zero-order valence-corrected chi connectivity index (χ0v) is 13.0. The third-order valence-corrected chi connectivity index (χ3v) is 4.66.